The Balaban J connectivity index is 1.90. The second-order valence-electron chi connectivity index (χ2n) is 6.14. The van der Waals surface area contributed by atoms with Crippen molar-refractivity contribution < 1.29 is 27.9 Å². The van der Waals surface area contributed by atoms with Crippen molar-refractivity contribution in [3.8, 4) is 0 Å². The predicted octanol–water partition coefficient (Wildman–Crippen LogP) is 2.68. The van der Waals surface area contributed by atoms with Gasteiger partial charge in [0.2, 0.25) is 5.91 Å². The van der Waals surface area contributed by atoms with Gasteiger partial charge in [-0.15, -0.1) is 0 Å². The molecule has 120 valence electrons. The highest BCUT2D eigenvalue weighted by Gasteiger charge is 2.44. The van der Waals surface area contributed by atoms with Crippen LogP contribution in [0.1, 0.15) is 38.5 Å². The molecule has 1 saturated carbocycles. The number of carboxylic acid groups (broad SMARTS) is 1. The fraction of sp³-hybridized carbons (Fsp3) is 0.857. The number of likely N-dealkylation sites (tertiary alicyclic amines) is 1. The smallest absolute Gasteiger partial charge is 0.391 e. The maximum atomic E-state index is 12.8. The lowest BCUT2D eigenvalue weighted by atomic mass is 9.80. The summed E-state index contributed by atoms with van der Waals surface area (Å²) >= 11 is 0. The van der Waals surface area contributed by atoms with Gasteiger partial charge in [-0.3, -0.25) is 9.59 Å². The molecule has 2 aliphatic rings. The highest BCUT2D eigenvalue weighted by atomic mass is 19.4. The molecule has 3 atom stereocenters. The average Bonchev–Trinajstić information content (AvgIpc) is 2.84. The van der Waals surface area contributed by atoms with Gasteiger partial charge >= 0.3 is 12.1 Å². The molecule has 1 saturated heterocycles. The number of carbonyl (C=O) groups is 2. The Morgan fingerprint density at radius 1 is 1.19 bits per heavy atom. The lowest BCUT2D eigenvalue weighted by molar-refractivity contribution is -0.187. The average molecular weight is 307 g/mol. The second-order valence-corrected chi connectivity index (χ2v) is 6.14. The summed E-state index contributed by atoms with van der Waals surface area (Å²) in [5, 5.41) is 8.74. The van der Waals surface area contributed by atoms with Gasteiger partial charge in [-0.05, 0) is 31.6 Å². The van der Waals surface area contributed by atoms with E-state index in [0.29, 0.717) is 32.4 Å². The highest BCUT2D eigenvalue weighted by molar-refractivity contribution is 5.79. The van der Waals surface area contributed by atoms with E-state index in [2.05, 4.69) is 0 Å². The minimum absolute atomic E-state index is 0.0135. The van der Waals surface area contributed by atoms with Crippen molar-refractivity contribution in [3.05, 3.63) is 0 Å². The van der Waals surface area contributed by atoms with E-state index in [1.54, 1.807) is 4.90 Å². The molecule has 0 aromatic carbocycles. The molecule has 7 heteroatoms. The van der Waals surface area contributed by atoms with Gasteiger partial charge in [0.15, 0.2) is 0 Å². The van der Waals surface area contributed by atoms with Crippen LogP contribution in [-0.4, -0.2) is 41.1 Å². The van der Waals surface area contributed by atoms with Crippen molar-refractivity contribution in [2.75, 3.05) is 13.1 Å². The molecule has 0 spiro atoms. The first-order valence-corrected chi connectivity index (χ1v) is 7.34. The molecular weight excluding hydrogens is 287 g/mol. The number of rotatable bonds is 3. The zero-order valence-corrected chi connectivity index (χ0v) is 11.7. The van der Waals surface area contributed by atoms with Crippen LogP contribution >= 0.6 is 0 Å². The summed E-state index contributed by atoms with van der Waals surface area (Å²) in [6.45, 7) is 0.822. The summed E-state index contributed by atoms with van der Waals surface area (Å²) in [6, 6.07) is 0. The molecule has 21 heavy (non-hydrogen) atoms. The second kappa shape index (κ2) is 6.23. The van der Waals surface area contributed by atoms with E-state index in [1.807, 2.05) is 0 Å². The number of carboxylic acids is 1. The van der Waals surface area contributed by atoms with Crippen molar-refractivity contribution in [1.29, 1.82) is 0 Å². The molecular formula is C14H20F3NO3. The zero-order valence-electron chi connectivity index (χ0n) is 11.7. The van der Waals surface area contributed by atoms with Gasteiger partial charge in [-0.25, -0.2) is 0 Å². The van der Waals surface area contributed by atoms with Crippen LogP contribution in [0.5, 0.6) is 0 Å². The normalized spacial score (nSPS) is 30.4. The van der Waals surface area contributed by atoms with Gasteiger partial charge in [0.05, 0.1) is 5.92 Å². The van der Waals surface area contributed by atoms with Crippen LogP contribution in [0.25, 0.3) is 0 Å². The van der Waals surface area contributed by atoms with Crippen molar-refractivity contribution in [2.45, 2.75) is 44.7 Å². The number of alkyl halides is 3. The Hall–Kier alpha value is -1.27. The number of hydrogen-bond acceptors (Lipinski definition) is 2. The van der Waals surface area contributed by atoms with Crippen LogP contribution in [0.2, 0.25) is 0 Å². The number of nitrogens with zero attached hydrogens (tertiary/aromatic N) is 1. The van der Waals surface area contributed by atoms with E-state index in [1.165, 1.54) is 0 Å². The summed E-state index contributed by atoms with van der Waals surface area (Å²) < 4.78 is 38.3. The molecule has 0 radical (unpaired) electrons. The minimum Gasteiger partial charge on any atom is -0.481 e. The summed E-state index contributed by atoms with van der Waals surface area (Å²) in [5.41, 5.74) is 0. The first-order valence-electron chi connectivity index (χ1n) is 7.34. The first-order chi connectivity index (χ1) is 9.77. The van der Waals surface area contributed by atoms with Crippen LogP contribution in [0.4, 0.5) is 13.2 Å². The Labute approximate surface area is 121 Å². The third-order valence-electron chi connectivity index (χ3n) is 4.55. The first kappa shape index (κ1) is 16.1. The van der Waals surface area contributed by atoms with E-state index in [0.717, 1.165) is 0 Å². The number of amides is 1. The maximum Gasteiger partial charge on any atom is 0.391 e. The molecule has 0 aromatic rings. The monoisotopic (exact) mass is 307 g/mol. The lowest BCUT2D eigenvalue weighted by Gasteiger charge is -2.32. The van der Waals surface area contributed by atoms with Gasteiger partial charge in [0.1, 0.15) is 0 Å². The molecule has 1 aliphatic carbocycles. The lowest BCUT2D eigenvalue weighted by Crippen LogP contribution is -2.39. The van der Waals surface area contributed by atoms with Gasteiger partial charge in [-0.2, -0.15) is 13.2 Å². The van der Waals surface area contributed by atoms with E-state index < -0.39 is 24.0 Å². The van der Waals surface area contributed by atoms with E-state index in [-0.39, 0.29) is 31.1 Å². The maximum absolute atomic E-state index is 12.8. The largest absolute Gasteiger partial charge is 0.481 e. The summed E-state index contributed by atoms with van der Waals surface area (Å²) in [7, 11) is 0. The zero-order chi connectivity index (χ0) is 15.6. The minimum atomic E-state index is -4.23. The molecule has 2 fully saturated rings. The van der Waals surface area contributed by atoms with Crippen molar-refractivity contribution in [1.82, 2.24) is 4.90 Å². The van der Waals surface area contributed by atoms with Crippen LogP contribution in [0.15, 0.2) is 0 Å². The topological polar surface area (TPSA) is 57.6 Å². The predicted molar refractivity (Wildman–Crippen MR) is 68.4 cm³/mol. The highest BCUT2D eigenvalue weighted by Crippen LogP contribution is 2.40. The van der Waals surface area contributed by atoms with E-state index in [4.69, 9.17) is 5.11 Å². The summed E-state index contributed by atoms with van der Waals surface area (Å²) in [6.07, 6.45) is -2.68. The van der Waals surface area contributed by atoms with Crippen LogP contribution in [0, 0.1) is 17.8 Å². The molecule has 1 amide bonds. The van der Waals surface area contributed by atoms with E-state index >= 15 is 0 Å². The fourth-order valence-electron chi connectivity index (χ4n) is 3.42. The molecule has 0 bridgehead atoms. The quantitative estimate of drug-likeness (QED) is 0.872. The third kappa shape index (κ3) is 4.11. The number of carbonyl (C=O) groups excluding carboxylic acids is 1. The molecule has 1 aliphatic heterocycles. The summed E-state index contributed by atoms with van der Waals surface area (Å²) in [4.78, 5) is 24.5. The Morgan fingerprint density at radius 3 is 2.52 bits per heavy atom. The fourth-order valence-corrected chi connectivity index (χ4v) is 3.42. The third-order valence-corrected chi connectivity index (χ3v) is 4.55. The molecule has 1 N–H and O–H groups in total. The number of hydrogen-bond donors (Lipinski definition) is 1. The van der Waals surface area contributed by atoms with Gasteiger partial charge < -0.3 is 10.0 Å². The van der Waals surface area contributed by atoms with Gasteiger partial charge in [0.25, 0.3) is 0 Å². The van der Waals surface area contributed by atoms with Crippen LogP contribution < -0.4 is 0 Å². The van der Waals surface area contributed by atoms with Crippen molar-refractivity contribution in [2.24, 2.45) is 17.8 Å². The van der Waals surface area contributed by atoms with Gasteiger partial charge in [0, 0.05) is 25.4 Å². The van der Waals surface area contributed by atoms with Crippen molar-refractivity contribution in [3.63, 3.8) is 0 Å². The molecule has 3 unspecified atom stereocenters. The Kier molecular flexibility index (Phi) is 4.78. The number of halogens is 3. The molecule has 2 rings (SSSR count). The standard InChI is InChI=1S/C14H20F3NO3/c15-14(16,17)11-3-1-2-10(7-11)13(21)18-5-4-9(8-18)6-12(19)20/h9-11H,1-8H2,(H,19,20). The Morgan fingerprint density at radius 2 is 1.90 bits per heavy atom. The molecule has 0 aromatic heterocycles. The van der Waals surface area contributed by atoms with Crippen LogP contribution in [-0.2, 0) is 9.59 Å². The molecule has 4 nitrogen and oxygen atoms in total. The van der Waals surface area contributed by atoms with Crippen LogP contribution in [0.3, 0.4) is 0 Å². The van der Waals surface area contributed by atoms with E-state index in [9.17, 15) is 22.8 Å². The van der Waals surface area contributed by atoms with Crippen molar-refractivity contribution >= 4 is 11.9 Å². The van der Waals surface area contributed by atoms with Gasteiger partial charge in [-0.1, -0.05) is 6.42 Å². The number of aliphatic carboxylic acids is 1. The Bertz CT molecular complexity index is 411. The SMILES string of the molecule is O=C(O)CC1CCN(C(=O)C2CCCC(C(F)(F)F)C2)C1. The summed E-state index contributed by atoms with van der Waals surface area (Å²) in [5.74, 6) is -3.14. The molecule has 1 heterocycles.